The van der Waals surface area contributed by atoms with Gasteiger partial charge in [0.1, 0.15) is 0 Å². The number of hydrogen-bond acceptors (Lipinski definition) is 4. The van der Waals surface area contributed by atoms with E-state index in [4.69, 9.17) is 4.74 Å². The smallest absolute Gasteiger partial charge is 0.339 e. The summed E-state index contributed by atoms with van der Waals surface area (Å²) in [7, 11) is 1.35. The van der Waals surface area contributed by atoms with Crippen molar-refractivity contribution < 1.29 is 14.3 Å². The second-order valence-electron chi connectivity index (χ2n) is 6.38. The van der Waals surface area contributed by atoms with Crippen LogP contribution in [-0.4, -0.2) is 47.9 Å². The van der Waals surface area contributed by atoms with Gasteiger partial charge in [-0.25, -0.2) is 4.79 Å². The van der Waals surface area contributed by atoms with Crippen LogP contribution in [0.15, 0.2) is 0 Å². The Morgan fingerprint density at radius 3 is 2.41 bits per heavy atom. The van der Waals surface area contributed by atoms with Gasteiger partial charge in [-0.05, 0) is 58.2 Å². The maximum atomic E-state index is 12.8. The van der Waals surface area contributed by atoms with Gasteiger partial charge in [-0.3, -0.25) is 9.69 Å². The van der Waals surface area contributed by atoms with Gasteiger partial charge in [-0.2, -0.15) is 0 Å². The molecule has 0 aliphatic carbocycles. The number of esters is 1. The van der Waals surface area contributed by atoms with Gasteiger partial charge >= 0.3 is 5.97 Å². The first kappa shape index (κ1) is 16.7. The fourth-order valence-electron chi connectivity index (χ4n) is 3.20. The summed E-state index contributed by atoms with van der Waals surface area (Å²) in [6.07, 6.45) is 2.27. The van der Waals surface area contributed by atoms with Gasteiger partial charge in [0.05, 0.1) is 24.4 Å². The van der Waals surface area contributed by atoms with Crippen molar-refractivity contribution in [2.75, 3.05) is 20.2 Å². The third-order valence-corrected chi connectivity index (χ3v) is 4.82. The van der Waals surface area contributed by atoms with E-state index in [0.29, 0.717) is 22.5 Å². The van der Waals surface area contributed by atoms with Crippen LogP contribution >= 0.6 is 0 Å². The molecule has 1 fully saturated rings. The minimum atomic E-state index is -0.398. The zero-order chi connectivity index (χ0) is 16.4. The number of aryl methyl sites for hydroxylation is 1. The highest BCUT2D eigenvalue weighted by molar-refractivity contribution is 6.03. The number of aromatic nitrogens is 1. The minimum Gasteiger partial charge on any atom is -0.465 e. The highest BCUT2D eigenvalue weighted by Gasteiger charge is 2.29. The summed E-state index contributed by atoms with van der Waals surface area (Å²) in [6, 6.07) is -0.172. The van der Waals surface area contributed by atoms with E-state index in [2.05, 4.69) is 16.8 Å². The van der Waals surface area contributed by atoms with Gasteiger partial charge in [0.25, 0.3) is 0 Å². The van der Waals surface area contributed by atoms with Crippen molar-refractivity contribution in [2.45, 2.75) is 46.6 Å². The van der Waals surface area contributed by atoms with Gasteiger partial charge in [-0.1, -0.05) is 6.92 Å². The molecule has 1 aliphatic rings. The van der Waals surface area contributed by atoms with Crippen LogP contribution in [0.25, 0.3) is 0 Å². The van der Waals surface area contributed by atoms with E-state index < -0.39 is 5.97 Å². The molecule has 1 aliphatic heterocycles. The Morgan fingerprint density at radius 2 is 1.86 bits per heavy atom. The molecule has 1 N–H and O–H groups in total. The van der Waals surface area contributed by atoms with Crippen LogP contribution in [0, 0.1) is 19.8 Å². The molecule has 1 aromatic rings. The molecule has 5 heteroatoms. The monoisotopic (exact) mass is 306 g/mol. The van der Waals surface area contributed by atoms with Crippen molar-refractivity contribution in [3.05, 3.63) is 22.5 Å². The first-order chi connectivity index (χ1) is 10.4. The molecule has 0 aromatic carbocycles. The van der Waals surface area contributed by atoms with Crippen molar-refractivity contribution >= 4 is 11.8 Å². The van der Waals surface area contributed by atoms with Gasteiger partial charge in [0.2, 0.25) is 0 Å². The van der Waals surface area contributed by atoms with E-state index >= 15 is 0 Å². The number of nitrogens with zero attached hydrogens (tertiary/aromatic N) is 1. The molecule has 0 saturated carbocycles. The summed E-state index contributed by atoms with van der Waals surface area (Å²) in [4.78, 5) is 29.9. The summed E-state index contributed by atoms with van der Waals surface area (Å²) in [6.45, 7) is 9.71. The van der Waals surface area contributed by atoms with Crippen LogP contribution in [0.5, 0.6) is 0 Å². The highest BCUT2D eigenvalue weighted by Crippen LogP contribution is 2.23. The van der Waals surface area contributed by atoms with E-state index in [1.165, 1.54) is 7.11 Å². The zero-order valence-corrected chi connectivity index (χ0v) is 14.2. The number of rotatable bonds is 4. The maximum absolute atomic E-state index is 12.8. The number of nitrogens with one attached hydrogen (secondary N) is 1. The average molecular weight is 306 g/mol. The molecular weight excluding hydrogens is 280 g/mol. The van der Waals surface area contributed by atoms with Crippen molar-refractivity contribution in [1.82, 2.24) is 9.88 Å². The van der Waals surface area contributed by atoms with Crippen LogP contribution in [0.3, 0.4) is 0 Å². The number of piperidine rings is 1. The second-order valence-corrected chi connectivity index (χ2v) is 6.38. The lowest BCUT2D eigenvalue weighted by molar-refractivity contribution is 0.0599. The van der Waals surface area contributed by atoms with Crippen LogP contribution in [0.1, 0.15) is 58.8 Å². The summed E-state index contributed by atoms with van der Waals surface area (Å²) in [5.74, 6) is 0.383. The normalized spacial score (nSPS) is 18.2. The molecule has 0 amide bonds. The molecule has 1 atom stereocenters. The lowest BCUT2D eigenvalue weighted by Gasteiger charge is -2.34. The van der Waals surface area contributed by atoms with Crippen LogP contribution in [-0.2, 0) is 4.74 Å². The average Bonchev–Trinajstić information content (AvgIpc) is 2.80. The molecule has 1 aromatic heterocycles. The number of H-pyrrole nitrogens is 1. The van der Waals surface area contributed by atoms with Gasteiger partial charge in [-0.15, -0.1) is 0 Å². The Hall–Kier alpha value is -1.62. The fraction of sp³-hybridized carbons (Fsp3) is 0.647. The zero-order valence-electron chi connectivity index (χ0n) is 14.2. The first-order valence-corrected chi connectivity index (χ1v) is 7.92. The minimum absolute atomic E-state index is 0.0466. The number of Topliss-reactive ketones (excluding diaryl/α,β-unsaturated/α-hetero) is 1. The second kappa shape index (κ2) is 6.65. The van der Waals surface area contributed by atoms with Gasteiger partial charge < -0.3 is 9.72 Å². The Labute approximate surface area is 132 Å². The van der Waals surface area contributed by atoms with Crippen molar-refractivity contribution in [3.8, 4) is 0 Å². The van der Waals surface area contributed by atoms with Crippen LogP contribution in [0.4, 0.5) is 0 Å². The summed E-state index contributed by atoms with van der Waals surface area (Å²) >= 11 is 0. The predicted octanol–water partition coefficient (Wildman–Crippen LogP) is 2.72. The number of methoxy groups -OCH3 is 1. The fourth-order valence-corrected chi connectivity index (χ4v) is 3.20. The van der Waals surface area contributed by atoms with Gasteiger partial charge in [0.15, 0.2) is 5.78 Å². The predicted molar refractivity (Wildman–Crippen MR) is 85.4 cm³/mol. The van der Waals surface area contributed by atoms with E-state index in [0.717, 1.165) is 31.8 Å². The SMILES string of the molecule is COC(=O)c1c(C)[nH]c(C(=O)[C@@H](C)N2CCC(C)CC2)c1C. The number of likely N-dealkylation sites (tertiary alicyclic amines) is 1. The number of ether oxygens (including phenoxy) is 1. The lowest BCUT2D eigenvalue weighted by Crippen LogP contribution is -2.43. The standard InChI is InChI=1S/C17H26N2O3/c1-10-6-8-19(9-7-10)13(4)16(20)15-11(2)14(12(3)18-15)17(21)22-5/h10,13,18H,6-9H2,1-5H3/t13-/m1/s1. The molecule has 122 valence electrons. The topological polar surface area (TPSA) is 62.4 Å². The van der Waals surface area contributed by atoms with Gasteiger partial charge in [0, 0.05) is 5.69 Å². The Kier molecular flexibility index (Phi) is 5.06. The Balaban J connectivity index is 2.21. The van der Waals surface area contributed by atoms with Crippen LogP contribution in [0.2, 0.25) is 0 Å². The summed E-state index contributed by atoms with van der Waals surface area (Å²) in [5, 5.41) is 0. The molecule has 0 bridgehead atoms. The molecule has 22 heavy (non-hydrogen) atoms. The third-order valence-electron chi connectivity index (χ3n) is 4.82. The van der Waals surface area contributed by atoms with Crippen LogP contribution < -0.4 is 0 Å². The molecule has 0 spiro atoms. The van der Waals surface area contributed by atoms with Crippen molar-refractivity contribution in [3.63, 3.8) is 0 Å². The van der Waals surface area contributed by atoms with Crippen molar-refractivity contribution in [2.24, 2.45) is 5.92 Å². The molecule has 1 saturated heterocycles. The number of carbonyl (C=O) groups excluding carboxylic acids is 2. The van der Waals surface area contributed by atoms with E-state index in [1.807, 2.05) is 6.92 Å². The van der Waals surface area contributed by atoms with E-state index in [-0.39, 0.29) is 11.8 Å². The lowest BCUT2D eigenvalue weighted by atomic mass is 9.96. The Bertz CT molecular complexity index is 569. The quantitative estimate of drug-likeness (QED) is 0.686. The number of carbonyl (C=O) groups is 2. The van der Waals surface area contributed by atoms with Crippen molar-refractivity contribution in [1.29, 1.82) is 0 Å². The maximum Gasteiger partial charge on any atom is 0.339 e. The highest BCUT2D eigenvalue weighted by atomic mass is 16.5. The molecule has 5 nitrogen and oxygen atoms in total. The molecule has 2 rings (SSSR count). The van der Waals surface area contributed by atoms with E-state index in [1.54, 1.807) is 13.8 Å². The molecule has 2 heterocycles. The molecule has 0 unspecified atom stereocenters. The van der Waals surface area contributed by atoms with E-state index in [9.17, 15) is 9.59 Å². The largest absolute Gasteiger partial charge is 0.465 e. The summed E-state index contributed by atoms with van der Waals surface area (Å²) < 4.78 is 4.80. The third kappa shape index (κ3) is 3.09. The first-order valence-electron chi connectivity index (χ1n) is 7.92. The number of hydrogen-bond donors (Lipinski definition) is 1. The molecular formula is C17H26N2O3. The number of aromatic amines is 1. The Morgan fingerprint density at radius 1 is 1.27 bits per heavy atom. The summed E-state index contributed by atoms with van der Waals surface area (Å²) in [5.41, 5.74) is 2.38. The number of ketones is 1. The molecule has 0 radical (unpaired) electrons.